The highest BCUT2D eigenvalue weighted by atomic mass is 127. The summed E-state index contributed by atoms with van der Waals surface area (Å²) in [5, 5.41) is 11.2. The van der Waals surface area contributed by atoms with Gasteiger partial charge < -0.3 is 15.2 Å². The maximum Gasteiger partial charge on any atom is 0.191 e. The average Bonchev–Trinajstić information content (AvgIpc) is 3.27. The quantitative estimate of drug-likeness (QED) is 0.293. The van der Waals surface area contributed by atoms with E-state index in [-0.39, 0.29) is 24.0 Å². The van der Waals surface area contributed by atoms with Crippen molar-refractivity contribution in [2.75, 3.05) is 6.54 Å². The summed E-state index contributed by atoms with van der Waals surface area (Å²) in [6.07, 6.45) is 5.60. The van der Waals surface area contributed by atoms with Crippen molar-refractivity contribution in [3.8, 4) is 0 Å². The van der Waals surface area contributed by atoms with Crippen molar-refractivity contribution in [3.05, 3.63) is 71.1 Å². The van der Waals surface area contributed by atoms with E-state index in [0.29, 0.717) is 13.1 Å². The van der Waals surface area contributed by atoms with Gasteiger partial charge in [-0.1, -0.05) is 24.3 Å². The SMILES string of the molecule is CCNC(=NCc1ccc(Cn2ccnc2)cc1)NCc1c(C)nn(C)c1C.I. The fourth-order valence-corrected chi connectivity index (χ4v) is 3.10. The van der Waals surface area contributed by atoms with Crippen molar-refractivity contribution >= 4 is 29.9 Å². The molecular weight excluding hydrogens is 477 g/mol. The number of hydrogen-bond acceptors (Lipinski definition) is 3. The summed E-state index contributed by atoms with van der Waals surface area (Å²) >= 11 is 0. The summed E-state index contributed by atoms with van der Waals surface area (Å²) in [5.74, 6) is 0.813. The molecule has 3 rings (SSSR count). The highest BCUT2D eigenvalue weighted by Gasteiger charge is 2.09. The Morgan fingerprint density at radius 3 is 2.41 bits per heavy atom. The van der Waals surface area contributed by atoms with E-state index in [9.17, 15) is 0 Å². The number of hydrogen-bond donors (Lipinski definition) is 2. The maximum absolute atomic E-state index is 4.72. The van der Waals surface area contributed by atoms with Crippen LogP contribution in [-0.2, 0) is 26.7 Å². The third-order valence-electron chi connectivity index (χ3n) is 4.80. The molecule has 8 heteroatoms. The summed E-state index contributed by atoms with van der Waals surface area (Å²) in [6, 6.07) is 8.56. The van der Waals surface area contributed by atoms with Crippen LogP contribution in [0.25, 0.3) is 0 Å². The Labute approximate surface area is 189 Å². The first-order valence-electron chi connectivity index (χ1n) is 9.61. The monoisotopic (exact) mass is 507 g/mol. The minimum absolute atomic E-state index is 0. The molecule has 0 aliphatic carbocycles. The molecule has 1 aromatic carbocycles. The Hall–Kier alpha value is -2.36. The third kappa shape index (κ3) is 6.31. The van der Waals surface area contributed by atoms with Crippen molar-refractivity contribution in [1.29, 1.82) is 0 Å². The zero-order valence-corrected chi connectivity index (χ0v) is 19.8. The van der Waals surface area contributed by atoms with Crippen LogP contribution in [-0.4, -0.2) is 31.8 Å². The molecule has 0 amide bonds. The zero-order valence-electron chi connectivity index (χ0n) is 17.5. The first-order valence-corrected chi connectivity index (χ1v) is 9.61. The number of guanidine groups is 1. The molecule has 0 unspecified atom stereocenters. The summed E-state index contributed by atoms with van der Waals surface area (Å²) < 4.78 is 3.98. The standard InChI is InChI=1S/C21H29N7.HI/c1-5-23-21(25-13-20-16(2)26-27(4)17(20)3)24-12-18-6-8-19(9-7-18)14-28-11-10-22-15-28;/h6-11,15H,5,12-14H2,1-4H3,(H2,23,24,25);1H. The minimum Gasteiger partial charge on any atom is -0.357 e. The van der Waals surface area contributed by atoms with Crippen LogP contribution in [0.4, 0.5) is 0 Å². The molecule has 0 fully saturated rings. The van der Waals surface area contributed by atoms with Crippen LogP contribution in [0.15, 0.2) is 48.0 Å². The van der Waals surface area contributed by atoms with Gasteiger partial charge in [0.2, 0.25) is 0 Å². The number of nitrogens with zero attached hydrogens (tertiary/aromatic N) is 5. The van der Waals surface area contributed by atoms with Gasteiger partial charge in [0.05, 0.1) is 18.6 Å². The van der Waals surface area contributed by atoms with Crippen molar-refractivity contribution < 1.29 is 0 Å². The van der Waals surface area contributed by atoms with E-state index in [0.717, 1.165) is 24.7 Å². The molecule has 0 aliphatic rings. The molecule has 0 aliphatic heterocycles. The van der Waals surface area contributed by atoms with Crippen LogP contribution in [0.1, 0.15) is 35.0 Å². The zero-order chi connectivity index (χ0) is 19.9. The first kappa shape index (κ1) is 22.9. The van der Waals surface area contributed by atoms with Crippen LogP contribution in [0.2, 0.25) is 0 Å². The highest BCUT2D eigenvalue weighted by Crippen LogP contribution is 2.11. The van der Waals surface area contributed by atoms with Gasteiger partial charge >= 0.3 is 0 Å². The molecule has 2 N–H and O–H groups in total. The van der Waals surface area contributed by atoms with Gasteiger partial charge in [0.15, 0.2) is 5.96 Å². The first-order chi connectivity index (χ1) is 13.6. The van der Waals surface area contributed by atoms with Crippen molar-refractivity contribution in [1.82, 2.24) is 30.0 Å². The fourth-order valence-electron chi connectivity index (χ4n) is 3.10. The Morgan fingerprint density at radius 1 is 1.10 bits per heavy atom. The average molecular weight is 507 g/mol. The van der Waals surface area contributed by atoms with Gasteiger partial charge in [0.1, 0.15) is 0 Å². The summed E-state index contributed by atoms with van der Waals surface area (Å²) in [7, 11) is 1.97. The van der Waals surface area contributed by atoms with Crippen molar-refractivity contribution in [3.63, 3.8) is 0 Å². The molecule has 156 valence electrons. The van der Waals surface area contributed by atoms with Crippen LogP contribution in [0.3, 0.4) is 0 Å². The number of aliphatic imine (C=N–C) groups is 1. The number of rotatable bonds is 7. The minimum atomic E-state index is 0. The van der Waals surface area contributed by atoms with E-state index < -0.39 is 0 Å². The topological polar surface area (TPSA) is 72.1 Å². The van der Waals surface area contributed by atoms with Gasteiger partial charge in [-0.3, -0.25) is 4.68 Å². The van der Waals surface area contributed by atoms with E-state index in [1.54, 1.807) is 6.20 Å². The number of aryl methyl sites for hydroxylation is 2. The molecule has 2 aromatic heterocycles. The van der Waals surface area contributed by atoms with Crippen LogP contribution in [0, 0.1) is 13.8 Å². The molecule has 3 aromatic rings. The Kier molecular flexibility index (Phi) is 8.69. The van der Waals surface area contributed by atoms with Gasteiger partial charge in [0.25, 0.3) is 0 Å². The predicted octanol–water partition coefficient (Wildman–Crippen LogP) is 3.16. The second-order valence-electron chi connectivity index (χ2n) is 6.87. The molecule has 7 nitrogen and oxygen atoms in total. The van der Waals surface area contributed by atoms with E-state index >= 15 is 0 Å². The van der Waals surface area contributed by atoms with Gasteiger partial charge in [-0.05, 0) is 31.9 Å². The molecular formula is C21H30IN7. The Bertz CT molecular complexity index is 911. The molecule has 0 radical (unpaired) electrons. The summed E-state index contributed by atoms with van der Waals surface area (Å²) in [5.41, 5.74) is 5.88. The van der Waals surface area contributed by atoms with E-state index in [1.807, 2.05) is 31.2 Å². The lowest BCUT2D eigenvalue weighted by Crippen LogP contribution is -2.37. The fraction of sp³-hybridized carbons (Fsp3) is 0.381. The summed E-state index contributed by atoms with van der Waals surface area (Å²) in [4.78, 5) is 8.80. The molecule has 0 saturated carbocycles. The molecule has 0 saturated heterocycles. The lowest BCUT2D eigenvalue weighted by Gasteiger charge is -2.12. The summed E-state index contributed by atoms with van der Waals surface area (Å²) in [6.45, 7) is 9.19. The van der Waals surface area contributed by atoms with E-state index in [4.69, 9.17) is 4.99 Å². The predicted molar refractivity (Wildman–Crippen MR) is 128 cm³/mol. The van der Waals surface area contributed by atoms with Gasteiger partial charge in [-0.2, -0.15) is 5.10 Å². The lowest BCUT2D eigenvalue weighted by molar-refractivity contribution is 0.728. The lowest BCUT2D eigenvalue weighted by atomic mass is 10.1. The number of benzene rings is 1. The maximum atomic E-state index is 4.72. The Morgan fingerprint density at radius 2 is 1.83 bits per heavy atom. The second-order valence-corrected chi connectivity index (χ2v) is 6.87. The number of halogens is 1. The third-order valence-corrected chi connectivity index (χ3v) is 4.80. The van der Waals surface area contributed by atoms with E-state index in [2.05, 4.69) is 63.4 Å². The molecule has 2 heterocycles. The van der Waals surface area contributed by atoms with E-state index in [1.165, 1.54) is 22.4 Å². The van der Waals surface area contributed by atoms with Crippen LogP contribution in [0.5, 0.6) is 0 Å². The van der Waals surface area contributed by atoms with Gasteiger partial charge in [0, 0.05) is 50.3 Å². The number of imidazole rings is 1. The smallest absolute Gasteiger partial charge is 0.191 e. The molecule has 0 spiro atoms. The molecule has 29 heavy (non-hydrogen) atoms. The Balaban J connectivity index is 0.00000300. The van der Waals surface area contributed by atoms with Crippen LogP contribution < -0.4 is 10.6 Å². The number of aromatic nitrogens is 4. The van der Waals surface area contributed by atoms with Gasteiger partial charge in [-0.25, -0.2) is 9.98 Å². The van der Waals surface area contributed by atoms with Crippen LogP contribution >= 0.6 is 24.0 Å². The largest absolute Gasteiger partial charge is 0.357 e. The molecule has 0 atom stereocenters. The molecule has 0 bridgehead atoms. The van der Waals surface area contributed by atoms with Crippen molar-refractivity contribution in [2.45, 2.75) is 40.4 Å². The van der Waals surface area contributed by atoms with Crippen molar-refractivity contribution in [2.24, 2.45) is 12.0 Å². The second kappa shape index (κ2) is 11.0. The normalized spacial score (nSPS) is 11.2. The van der Waals surface area contributed by atoms with Gasteiger partial charge in [-0.15, -0.1) is 24.0 Å². The number of nitrogens with one attached hydrogen (secondary N) is 2. The highest BCUT2D eigenvalue weighted by molar-refractivity contribution is 14.0.